The van der Waals surface area contributed by atoms with Crippen LogP contribution in [0.4, 0.5) is 0 Å². The molecule has 0 aliphatic rings. The minimum atomic E-state index is -1.08. The van der Waals surface area contributed by atoms with Crippen molar-refractivity contribution in [2.24, 2.45) is 0 Å². The summed E-state index contributed by atoms with van der Waals surface area (Å²) in [5.41, 5.74) is 0.808. The molecule has 0 fully saturated rings. The van der Waals surface area contributed by atoms with E-state index in [0.29, 0.717) is 18.8 Å². The van der Waals surface area contributed by atoms with Crippen LogP contribution in [0.2, 0.25) is 0 Å². The molecule has 0 radical (unpaired) electrons. The van der Waals surface area contributed by atoms with E-state index >= 15 is 0 Å². The van der Waals surface area contributed by atoms with Crippen molar-refractivity contribution in [3.8, 4) is 0 Å². The lowest BCUT2D eigenvalue weighted by Gasteiger charge is -2.22. The van der Waals surface area contributed by atoms with Gasteiger partial charge in [0.1, 0.15) is 5.76 Å². The number of nitrogens with zero attached hydrogens (tertiary/aromatic N) is 2. The molecular weight excluding hydrogens is 260 g/mol. The summed E-state index contributed by atoms with van der Waals surface area (Å²) in [4.78, 5) is 26.2. The van der Waals surface area contributed by atoms with Crippen molar-refractivity contribution in [3.63, 3.8) is 0 Å². The van der Waals surface area contributed by atoms with Gasteiger partial charge < -0.3 is 14.4 Å². The van der Waals surface area contributed by atoms with E-state index in [1.54, 1.807) is 25.9 Å². The zero-order valence-corrected chi connectivity index (χ0v) is 12.5. The summed E-state index contributed by atoms with van der Waals surface area (Å²) in [5.74, 6) is -0.530. The number of hydrogen-bond donors (Lipinski definition) is 1. The topological polar surface area (TPSA) is 74.0 Å². The standard InChI is InChI=1S/C14H22N2O4/c1-5-6-16(9-13(17)15(3)4)8-11-7-12(14(18)19)20-10(11)2/h7H,5-6,8-9H2,1-4H3,(H,18,19). The number of carboxylic acid groups (broad SMARTS) is 1. The molecular formula is C14H22N2O4. The van der Waals surface area contributed by atoms with E-state index in [-0.39, 0.29) is 11.7 Å². The third-order valence-electron chi connectivity index (χ3n) is 3.02. The maximum absolute atomic E-state index is 11.8. The summed E-state index contributed by atoms with van der Waals surface area (Å²) in [6.45, 7) is 5.37. The van der Waals surface area contributed by atoms with Crippen molar-refractivity contribution in [1.82, 2.24) is 9.80 Å². The van der Waals surface area contributed by atoms with Crippen LogP contribution >= 0.6 is 0 Å². The van der Waals surface area contributed by atoms with E-state index in [9.17, 15) is 9.59 Å². The fourth-order valence-electron chi connectivity index (χ4n) is 1.89. The highest BCUT2D eigenvalue weighted by molar-refractivity contribution is 5.84. The van der Waals surface area contributed by atoms with Gasteiger partial charge in [0.25, 0.3) is 0 Å². The van der Waals surface area contributed by atoms with Gasteiger partial charge in [-0.3, -0.25) is 9.69 Å². The Kier molecular flexibility index (Phi) is 5.76. The highest BCUT2D eigenvalue weighted by atomic mass is 16.4. The summed E-state index contributed by atoms with van der Waals surface area (Å²) < 4.78 is 5.19. The third kappa shape index (κ3) is 4.38. The van der Waals surface area contributed by atoms with Gasteiger partial charge in [0, 0.05) is 26.2 Å². The second kappa shape index (κ2) is 7.09. The van der Waals surface area contributed by atoms with Gasteiger partial charge in [0.05, 0.1) is 6.54 Å². The molecule has 1 aromatic heterocycles. The van der Waals surface area contributed by atoms with Gasteiger partial charge in [-0.05, 0) is 26.0 Å². The first-order chi connectivity index (χ1) is 9.35. The minimum absolute atomic E-state index is 0.0260. The van der Waals surface area contributed by atoms with Gasteiger partial charge in [-0.1, -0.05) is 6.92 Å². The molecule has 1 N–H and O–H groups in total. The van der Waals surface area contributed by atoms with Crippen LogP contribution in [0.1, 0.15) is 35.2 Å². The molecule has 112 valence electrons. The van der Waals surface area contributed by atoms with Crippen LogP contribution in [-0.2, 0) is 11.3 Å². The summed E-state index contributed by atoms with van der Waals surface area (Å²) in [5, 5.41) is 8.91. The fraction of sp³-hybridized carbons (Fsp3) is 0.571. The molecule has 0 saturated carbocycles. The molecule has 1 aromatic rings. The molecule has 6 heteroatoms. The van der Waals surface area contributed by atoms with Crippen LogP contribution in [-0.4, -0.2) is 54.0 Å². The van der Waals surface area contributed by atoms with E-state index in [0.717, 1.165) is 18.5 Å². The molecule has 20 heavy (non-hydrogen) atoms. The Hall–Kier alpha value is -1.82. The lowest BCUT2D eigenvalue weighted by atomic mass is 10.2. The molecule has 0 bridgehead atoms. The highest BCUT2D eigenvalue weighted by Crippen LogP contribution is 2.17. The average molecular weight is 282 g/mol. The Labute approximate surface area is 119 Å². The molecule has 0 spiro atoms. The summed E-state index contributed by atoms with van der Waals surface area (Å²) in [7, 11) is 3.44. The Bertz CT molecular complexity index is 480. The number of rotatable bonds is 7. The lowest BCUT2D eigenvalue weighted by Crippen LogP contribution is -2.36. The van der Waals surface area contributed by atoms with Crippen molar-refractivity contribution in [1.29, 1.82) is 0 Å². The SMILES string of the molecule is CCCN(CC(=O)N(C)C)Cc1cc(C(=O)O)oc1C. The number of aromatic carboxylic acids is 1. The summed E-state index contributed by atoms with van der Waals surface area (Å²) in [6, 6.07) is 1.53. The van der Waals surface area contributed by atoms with Crippen molar-refractivity contribution in [2.75, 3.05) is 27.2 Å². The number of amides is 1. The van der Waals surface area contributed by atoms with Gasteiger partial charge in [0.2, 0.25) is 11.7 Å². The number of likely N-dealkylation sites (N-methyl/N-ethyl adjacent to an activating group) is 1. The van der Waals surface area contributed by atoms with Crippen LogP contribution in [0.15, 0.2) is 10.5 Å². The smallest absolute Gasteiger partial charge is 0.371 e. The largest absolute Gasteiger partial charge is 0.475 e. The van der Waals surface area contributed by atoms with Crippen LogP contribution in [0.3, 0.4) is 0 Å². The van der Waals surface area contributed by atoms with E-state index < -0.39 is 5.97 Å². The van der Waals surface area contributed by atoms with Gasteiger partial charge >= 0.3 is 5.97 Å². The Morgan fingerprint density at radius 3 is 2.45 bits per heavy atom. The minimum Gasteiger partial charge on any atom is -0.475 e. The highest BCUT2D eigenvalue weighted by Gasteiger charge is 2.17. The number of carboxylic acids is 1. The quantitative estimate of drug-likeness (QED) is 0.822. The van der Waals surface area contributed by atoms with Gasteiger partial charge in [0.15, 0.2) is 0 Å². The molecule has 6 nitrogen and oxygen atoms in total. The predicted molar refractivity (Wildman–Crippen MR) is 74.7 cm³/mol. The van der Waals surface area contributed by atoms with E-state index in [1.165, 1.54) is 6.07 Å². The molecule has 0 saturated heterocycles. The molecule has 0 aromatic carbocycles. The number of aryl methyl sites for hydroxylation is 1. The predicted octanol–water partition coefficient (Wildman–Crippen LogP) is 1.59. The fourth-order valence-corrected chi connectivity index (χ4v) is 1.89. The maximum atomic E-state index is 11.8. The van der Waals surface area contributed by atoms with Crippen molar-refractivity contribution in [3.05, 3.63) is 23.2 Å². The molecule has 0 aliphatic heterocycles. The average Bonchev–Trinajstić information content (AvgIpc) is 2.71. The zero-order valence-electron chi connectivity index (χ0n) is 12.5. The number of furan rings is 1. The third-order valence-corrected chi connectivity index (χ3v) is 3.02. The Balaban J connectivity index is 2.79. The monoisotopic (exact) mass is 282 g/mol. The molecule has 0 unspecified atom stereocenters. The Morgan fingerprint density at radius 2 is 2.00 bits per heavy atom. The van der Waals surface area contributed by atoms with E-state index in [1.807, 2.05) is 11.8 Å². The van der Waals surface area contributed by atoms with Crippen molar-refractivity contribution in [2.45, 2.75) is 26.8 Å². The molecule has 1 amide bonds. The van der Waals surface area contributed by atoms with Crippen LogP contribution < -0.4 is 0 Å². The number of hydrogen-bond acceptors (Lipinski definition) is 4. The number of carbonyl (C=O) groups excluding carboxylic acids is 1. The molecule has 1 heterocycles. The van der Waals surface area contributed by atoms with Crippen molar-refractivity contribution < 1.29 is 19.1 Å². The summed E-state index contributed by atoms with van der Waals surface area (Å²) >= 11 is 0. The van der Waals surface area contributed by atoms with Crippen LogP contribution in [0, 0.1) is 6.92 Å². The van der Waals surface area contributed by atoms with E-state index in [2.05, 4.69) is 0 Å². The van der Waals surface area contributed by atoms with Gasteiger partial charge in [-0.15, -0.1) is 0 Å². The van der Waals surface area contributed by atoms with E-state index in [4.69, 9.17) is 9.52 Å². The molecule has 0 atom stereocenters. The van der Waals surface area contributed by atoms with Crippen molar-refractivity contribution >= 4 is 11.9 Å². The van der Waals surface area contributed by atoms with Crippen LogP contribution in [0.25, 0.3) is 0 Å². The molecule has 0 aliphatic carbocycles. The first kappa shape index (κ1) is 16.2. The molecule has 1 rings (SSSR count). The van der Waals surface area contributed by atoms with Gasteiger partial charge in [-0.2, -0.15) is 0 Å². The summed E-state index contributed by atoms with van der Waals surface area (Å²) in [6.07, 6.45) is 0.920. The normalized spacial score (nSPS) is 10.8. The zero-order chi connectivity index (χ0) is 15.3. The second-order valence-electron chi connectivity index (χ2n) is 5.00. The lowest BCUT2D eigenvalue weighted by molar-refractivity contribution is -0.130. The number of carbonyl (C=O) groups is 2. The first-order valence-electron chi connectivity index (χ1n) is 6.60. The second-order valence-corrected chi connectivity index (χ2v) is 5.00. The van der Waals surface area contributed by atoms with Gasteiger partial charge in [-0.25, -0.2) is 4.79 Å². The Morgan fingerprint density at radius 1 is 1.35 bits per heavy atom. The van der Waals surface area contributed by atoms with Crippen LogP contribution in [0.5, 0.6) is 0 Å². The first-order valence-corrected chi connectivity index (χ1v) is 6.60. The maximum Gasteiger partial charge on any atom is 0.371 e.